The molecular weight excluding hydrogens is 122 g/mol. The maximum atomic E-state index is 5.29. The van der Waals surface area contributed by atoms with Gasteiger partial charge in [-0.15, -0.1) is 0 Å². The Hall–Kier alpha value is -0.560. The Morgan fingerprint density at radius 2 is 2.38 bits per heavy atom. The molecule has 0 aliphatic heterocycles. The third-order valence-corrected chi connectivity index (χ3v) is 0.591. The third-order valence-electron chi connectivity index (χ3n) is 0.493. The summed E-state index contributed by atoms with van der Waals surface area (Å²) in [4.78, 5) is 3.67. The Bertz CT molecular complexity index is 124. The molecule has 0 bridgehead atoms. The highest BCUT2D eigenvalue weighted by Crippen LogP contribution is 1.94. The van der Waals surface area contributed by atoms with Crippen molar-refractivity contribution in [3.63, 3.8) is 0 Å². The Morgan fingerprint density at radius 3 is 2.75 bits per heavy atom. The zero-order valence-electron chi connectivity index (χ0n) is 4.76. The lowest BCUT2D eigenvalue weighted by molar-refractivity contribution is 1.56. The molecule has 0 aliphatic carbocycles. The van der Waals surface area contributed by atoms with Crippen molar-refractivity contribution in [2.45, 2.75) is 6.92 Å². The highest BCUT2D eigenvalue weighted by molar-refractivity contribution is 6.29. The maximum absolute atomic E-state index is 5.29. The minimum Gasteiger partial charge on any atom is -0.245 e. The van der Waals surface area contributed by atoms with Crippen molar-refractivity contribution in [1.82, 2.24) is 0 Å². The van der Waals surface area contributed by atoms with Crippen LogP contribution in [0.4, 0.5) is 0 Å². The van der Waals surface area contributed by atoms with Crippen molar-refractivity contribution >= 4 is 17.8 Å². The third kappa shape index (κ3) is 5.44. The first-order chi connectivity index (χ1) is 3.77. The van der Waals surface area contributed by atoms with Gasteiger partial charge in [0.2, 0.25) is 0 Å². The molecule has 0 N–H and O–H groups in total. The van der Waals surface area contributed by atoms with Gasteiger partial charge in [-0.05, 0) is 13.0 Å². The minimum absolute atomic E-state index is 0.308. The van der Waals surface area contributed by atoms with Crippen molar-refractivity contribution < 1.29 is 0 Å². The van der Waals surface area contributed by atoms with Gasteiger partial charge in [0.1, 0.15) is 5.16 Å². The summed E-state index contributed by atoms with van der Waals surface area (Å²) in [6, 6.07) is 0. The van der Waals surface area contributed by atoms with Crippen LogP contribution in [0.25, 0.3) is 0 Å². The first kappa shape index (κ1) is 7.44. The van der Waals surface area contributed by atoms with Gasteiger partial charge < -0.3 is 0 Å². The van der Waals surface area contributed by atoms with E-state index in [2.05, 4.69) is 11.6 Å². The zero-order valence-corrected chi connectivity index (χ0v) is 5.52. The standard InChI is InChI=1S/C6H8ClN/c1-3-4-5-8-6(2)7/h3-5H,2H2,1H3/b4-3-,8-5?. The van der Waals surface area contributed by atoms with E-state index < -0.39 is 0 Å². The van der Waals surface area contributed by atoms with Gasteiger partial charge in [-0.3, -0.25) is 0 Å². The summed E-state index contributed by atoms with van der Waals surface area (Å²) in [5.41, 5.74) is 0. The summed E-state index contributed by atoms with van der Waals surface area (Å²) in [7, 11) is 0. The summed E-state index contributed by atoms with van der Waals surface area (Å²) in [5.74, 6) is 0. The second-order valence-corrected chi connectivity index (χ2v) is 1.62. The van der Waals surface area contributed by atoms with Crippen LogP contribution < -0.4 is 0 Å². The lowest BCUT2D eigenvalue weighted by atomic mass is 10.6. The molecule has 0 aromatic carbocycles. The second kappa shape index (κ2) is 4.60. The first-order valence-corrected chi connectivity index (χ1v) is 2.65. The number of nitrogens with zero attached hydrogens (tertiary/aromatic N) is 1. The van der Waals surface area contributed by atoms with Gasteiger partial charge in [0.15, 0.2) is 0 Å². The lowest BCUT2D eigenvalue weighted by Gasteiger charge is -1.76. The molecule has 0 rings (SSSR count). The largest absolute Gasteiger partial charge is 0.245 e. The number of halogens is 1. The van der Waals surface area contributed by atoms with Gasteiger partial charge in [0, 0.05) is 6.21 Å². The number of hydrogen-bond acceptors (Lipinski definition) is 1. The molecule has 0 atom stereocenters. The number of hydrogen-bond donors (Lipinski definition) is 0. The highest BCUT2D eigenvalue weighted by Gasteiger charge is 1.70. The Kier molecular flexibility index (Phi) is 4.27. The molecule has 1 nitrogen and oxygen atoms in total. The van der Waals surface area contributed by atoms with Crippen LogP contribution in [-0.2, 0) is 0 Å². The van der Waals surface area contributed by atoms with E-state index in [9.17, 15) is 0 Å². The number of aliphatic imine (C=N–C) groups is 1. The molecule has 0 aliphatic rings. The molecule has 0 saturated heterocycles. The van der Waals surface area contributed by atoms with Gasteiger partial charge in [-0.25, -0.2) is 4.99 Å². The van der Waals surface area contributed by atoms with E-state index in [1.54, 1.807) is 12.3 Å². The Balaban J connectivity index is 3.50. The summed E-state index contributed by atoms with van der Waals surface area (Å²) in [5, 5.41) is 0.308. The topological polar surface area (TPSA) is 12.4 Å². The molecule has 0 amide bonds. The Labute approximate surface area is 54.4 Å². The molecule has 0 spiro atoms. The van der Waals surface area contributed by atoms with E-state index in [1.807, 2.05) is 13.0 Å². The molecular formula is C6H8ClN. The fourth-order valence-electron chi connectivity index (χ4n) is 0.210. The van der Waals surface area contributed by atoms with Crippen molar-refractivity contribution in [1.29, 1.82) is 0 Å². The van der Waals surface area contributed by atoms with Crippen LogP contribution in [0.3, 0.4) is 0 Å². The van der Waals surface area contributed by atoms with Crippen molar-refractivity contribution in [3.8, 4) is 0 Å². The molecule has 0 unspecified atom stereocenters. The summed E-state index contributed by atoms with van der Waals surface area (Å²) in [6.07, 6.45) is 5.24. The first-order valence-electron chi connectivity index (χ1n) is 2.27. The van der Waals surface area contributed by atoms with E-state index in [0.29, 0.717) is 5.16 Å². The fourth-order valence-corrected chi connectivity index (χ4v) is 0.266. The average Bonchev–Trinajstić information content (AvgIpc) is 1.66. The average molecular weight is 130 g/mol. The predicted octanol–water partition coefficient (Wildman–Crippen LogP) is 2.34. The summed E-state index contributed by atoms with van der Waals surface area (Å²) >= 11 is 5.29. The highest BCUT2D eigenvalue weighted by atomic mass is 35.5. The lowest BCUT2D eigenvalue weighted by Crippen LogP contribution is -1.61. The van der Waals surface area contributed by atoms with Crippen molar-refractivity contribution in [3.05, 3.63) is 23.9 Å². The monoisotopic (exact) mass is 129 g/mol. The van der Waals surface area contributed by atoms with E-state index in [0.717, 1.165) is 0 Å². The fraction of sp³-hybridized carbons (Fsp3) is 0.167. The van der Waals surface area contributed by atoms with E-state index in [4.69, 9.17) is 11.6 Å². The van der Waals surface area contributed by atoms with Gasteiger partial charge >= 0.3 is 0 Å². The summed E-state index contributed by atoms with van der Waals surface area (Å²) in [6.45, 7) is 5.27. The molecule has 0 aromatic rings. The minimum atomic E-state index is 0.308. The van der Waals surface area contributed by atoms with Crippen LogP contribution in [-0.4, -0.2) is 6.21 Å². The van der Waals surface area contributed by atoms with Crippen LogP contribution in [0.2, 0.25) is 0 Å². The SMILES string of the molecule is C=C(Cl)N=C/C=C\C. The van der Waals surface area contributed by atoms with Crippen LogP contribution in [0.5, 0.6) is 0 Å². The summed E-state index contributed by atoms with van der Waals surface area (Å²) < 4.78 is 0. The Morgan fingerprint density at radius 1 is 1.75 bits per heavy atom. The van der Waals surface area contributed by atoms with Crippen LogP contribution in [0.15, 0.2) is 28.9 Å². The van der Waals surface area contributed by atoms with Gasteiger partial charge in [-0.1, -0.05) is 24.3 Å². The smallest absolute Gasteiger partial charge is 0.121 e. The molecule has 8 heavy (non-hydrogen) atoms. The van der Waals surface area contributed by atoms with Gasteiger partial charge in [0.25, 0.3) is 0 Å². The van der Waals surface area contributed by atoms with Crippen LogP contribution in [0, 0.1) is 0 Å². The number of allylic oxidation sites excluding steroid dienone is 2. The van der Waals surface area contributed by atoms with E-state index in [1.165, 1.54) is 0 Å². The molecule has 44 valence electrons. The predicted molar refractivity (Wildman–Crippen MR) is 38.3 cm³/mol. The number of rotatable bonds is 2. The maximum Gasteiger partial charge on any atom is 0.121 e. The van der Waals surface area contributed by atoms with E-state index in [-0.39, 0.29) is 0 Å². The van der Waals surface area contributed by atoms with Crippen molar-refractivity contribution in [2.24, 2.45) is 4.99 Å². The second-order valence-electron chi connectivity index (χ2n) is 1.18. The van der Waals surface area contributed by atoms with E-state index >= 15 is 0 Å². The van der Waals surface area contributed by atoms with Crippen molar-refractivity contribution in [2.75, 3.05) is 0 Å². The molecule has 0 aromatic heterocycles. The van der Waals surface area contributed by atoms with Gasteiger partial charge in [0.05, 0.1) is 0 Å². The van der Waals surface area contributed by atoms with Crippen LogP contribution in [0.1, 0.15) is 6.92 Å². The van der Waals surface area contributed by atoms with Gasteiger partial charge in [-0.2, -0.15) is 0 Å². The normalized spacial score (nSPS) is 11.2. The zero-order chi connectivity index (χ0) is 6.41. The molecule has 0 fully saturated rings. The molecule has 0 heterocycles. The molecule has 2 heteroatoms. The molecule has 0 saturated carbocycles. The quantitative estimate of drug-likeness (QED) is 0.401. The van der Waals surface area contributed by atoms with Crippen LogP contribution >= 0.6 is 11.6 Å². The molecule has 0 radical (unpaired) electrons.